The van der Waals surface area contributed by atoms with E-state index in [1.807, 2.05) is 0 Å². The summed E-state index contributed by atoms with van der Waals surface area (Å²) in [5, 5.41) is 17.4. The van der Waals surface area contributed by atoms with Crippen LogP contribution in [0.1, 0.15) is 6.92 Å². The van der Waals surface area contributed by atoms with E-state index in [1.54, 1.807) is 0 Å². The van der Waals surface area contributed by atoms with Crippen molar-refractivity contribution in [2.24, 2.45) is 0 Å². The molecule has 0 amide bonds. The summed E-state index contributed by atoms with van der Waals surface area (Å²) >= 11 is 0. The molecule has 0 aromatic rings. The van der Waals surface area contributed by atoms with Crippen molar-refractivity contribution in [3.8, 4) is 0 Å². The minimum atomic E-state index is -4.53. The van der Waals surface area contributed by atoms with E-state index >= 15 is 0 Å². The van der Waals surface area contributed by atoms with Gasteiger partial charge in [0, 0.05) is 0 Å². The molecule has 2 atom stereocenters. The summed E-state index contributed by atoms with van der Waals surface area (Å²) in [6.07, 6.45) is -2.34. The summed E-state index contributed by atoms with van der Waals surface area (Å²) in [5.41, 5.74) is 0. The van der Waals surface area contributed by atoms with Crippen molar-refractivity contribution < 1.29 is 29.1 Å². The van der Waals surface area contributed by atoms with Crippen LogP contribution >= 0.6 is 7.82 Å². The van der Waals surface area contributed by atoms with Crippen LogP contribution in [-0.4, -0.2) is 38.8 Å². The molecular weight excluding hydrogens is 175 g/mol. The van der Waals surface area contributed by atoms with E-state index in [0.717, 1.165) is 0 Å². The summed E-state index contributed by atoms with van der Waals surface area (Å²) < 4.78 is 13.9. The van der Waals surface area contributed by atoms with Crippen molar-refractivity contribution >= 4 is 7.82 Å². The van der Waals surface area contributed by atoms with E-state index in [2.05, 4.69) is 4.52 Å². The minimum absolute atomic E-state index is 0.581. The predicted octanol–water partition coefficient (Wildman–Crippen LogP) is -1.16. The second-order valence-corrected chi connectivity index (χ2v) is 3.33. The van der Waals surface area contributed by atoms with Gasteiger partial charge in [-0.2, -0.15) is 0 Å². The average Bonchev–Trinajstić information content (AvgIpc) is 1.80. The quantitative estimate of drug-likeness (QED) is 0.412. The normalized spacial score (nSPS) is 17.9. The molecule has 0 saturated heterocycles. The predicted molar refractivity (Wildman–Crippen MR) is 35.7 cm³/mol. The van der Waals surface area contributed by atoms with Gasteiger partial charge in [-0.05, 0) is 6.92 Å². The number of rotatable bonds is 4. The molecular formula is C4H11O6P. The Hall–Kier alpha value is 0.0300. The molecule has 4 N–H and O–H groups in total. The maximum absolute atomic E-state index is 10.0. The molecule has 0 aromatic carbocycles. The number of phosphoric ester groups is 1. The maximum atomic E-state index is 10.0. The molecule has 0 radical (unpaired) electrons. The molecule has 0 fully saturated rings. The summed E-state index contributed by atoms with van der Waals surface area (Å²) in [6, 6.07) is 0. The largest absolute Gasteiger partial charge is 0.469 e. The Labute approximate surface area is 63.7 Å². The Balaban J connectivity index is 3.63. The van der Waals surface area contributed by atoms with E-state index in [4.69, 9.17) is 20.0 Å². The van der Waals surface area contributed by atoms with Gasteiger partial charge in [-0.1, -0.05) is 0 Å². The zero-order valence-corrected chi connectivity index (χ0v) is 6.81. The SMILES string of the molecule is C[C@H](O)[C@H](O)COP(=O)(O)O. The van der Waals surface area contributed by atoms with Gasteiger partial charge in [0.15, 0.2) is 0 Å². The number of hydrogen-bond acceptors (Lipinski definition) is 4. The first-order valence-corrected chi connectivity index (χ1v) is 4.42. The third-order valence-electron chi connectivity index (χ3n) is 0.970. The number of phosphoric acid groups is 1. The second kappa shape index (κ2) is 4.15. The first-order valence-electron chi connectivity index (χ1n) is 2.89. The van der Waals surface area contributed by atoms with Gasteiger partial charge in [0.25, 0.3) is 0 Å². The van der Waals surface area contributed by atoms with Gasteiger partial charge < -0.3 is 20.0 Å². The molecule has 0 bridgehead atoms. The summed E-state index contributed by atoms with van der Waals surface area (Å²) in [6.45, 7) is 0.704. The Kier molecular flexibility index (Phi) is 4.17. The first kappa shape index (κ1) is 11.0. The van der Waals surface area contributed by atoms with E-state index < -0.39 is 26.6 Å². The average molecular weight is 186 g/mol. The molecule has 0 heterocycles. The van der Waals surface area contributed by atoms with Crippen LogP contribution < -0.4 is 0 Å². The lowest BCUT2D eigenvalue weighted by Gasteiger charge is -2.13. The zero-order chi connectivity index (χ0) is 9.07. The number of hydrogen-bond donors (Lipinski definition) is 4. The van der Waals surface area contributed by atoms with Crippen LogP contribution in [0.2, 0.25) is 0 Å². The lowest BCUT2D eigenvalue weighted by Crippen LogP contribution is -2.27. The molecule has 6 nitrogen and oxygen atoms in total. The molecule has 68 valence electrons. The van der Waals surface area contributed by atoms with Crippen molar-refractivity contribution in [2.75, 3.05) is 6.61 Å². The van der Waals surface area contributed by atoms with Crippen LogP contribution in [-0.2, 0) is 9.09 Å². The molecule has 0 spiro atoms. The smallest absolute Gasteiger partial charge is 0.391 e. The Morgan fingerprint density at radius 3 is 2.18 bits per heavy atom. The van der Waals surface area contributed by atoms with Crippen molar-refractivity contribution in [1.29, 1.82) is 0 Å². The van der Waals surface area contributed by atoms with Gasteiger partial charge in [0.05, 0.1) is 12.7 Å². The molecule has 11 heavy (non-hydrogen) atoms. The summed E-state index contributed by atoms with van der Waals surface area (Å²) in [4.78, 5) is 16.3. The lowest BCUT2D eigenvalue weighted by atomic mass is 10.2. The van der Waals surface area contributed by atoms with Gasteiger partial charge >= 0.3 is 7.82 Å². The fourth-order valence-corrected chi connectivity index (χ4v) is 0.660. The number of aliphatic hydroxyl groups is 2. The molecule has 7 heteroatoms. The van der Waals surface area contributed by atoms with E-state index in [1.165, 1.54) is 6.92 Å². The highest BCUT2D eigenvalue weighted by Crippen LogP contribution is 2.35. The highest BCUT2D eigenvalue weighted by atomic mass is 31.2. The van der Waals surface area contributed by atoms with Gasteiger partial charge in [-0.25, -0.2) is 4.57 Å². The van der Waals surface area contributed by atoms with Gasteiger partial charge in [-0.15, -0.1) is 0 Å². The van der Waals surface area contributed by atoms with Crippen LogP contribution in [0.3, 0.4) is 0 Å². The van der Waals surface area contributed by atoms with E-state index in [9.17, 15) is 4.57 Å². The topological polar surface area (TPSA) is 107 Å². The van der Waals surface area contributed by atoms with Gasteiger partial charge in [0.2, 0.25) is 0 Å². The maximum Gasteiger partial charge on any atom is 0.469 e. The third kappa shape index (κ3) is 6.43. The number of aliphatic hydroxyl groups excluding tert-OH is 2. The van der Waals surface area contributed by atoms with Crippen molar-refractivity contribution in [1.82, 2.24) is 0 Å². The summed E-state index contributed by atoms with van der Waals surface area (Å²) in [5.74, 6) is 0. The van der Waals surface area contributed by atoms with Crippen LogP contribution in [0.25, 0.3) is 0 Å². The van der Waals surface area contributed by atoms with E-state index in [0.29, 0.717) is 0 Å². The Morgan fingerprint density at radius 1 is 1.45 bits per heavy atom. The second-order valence-electron chi connectivity index (χ2n) is 2.09. The zero-order valence-electron chi connectivity index (χ0n) is 5.91. The standard InChI is InChI=1S/C4H11O6P/c1-3(5)4(6)2-10-11(7,8)9/h3-6H,2H2,1H3,(H2,7,8,9)/t3-,4+/m0/s1. The van der Waals surface area contributed by atoms with Gasteiger partial charge in [-0.3, -0.25) is 4.52 Å². The summed E-state index contributed by atoms with van der Waals surface area (Å²) in [7, 11) is -4.53. The molecule has 0 aliphatic heterocycles. The van der Waals surface area contributed by atoms with E-state index in [-0.39, 0.29) is 0 Å². The monoisotopic (exact) mass is 186 g/mol. The molecule has 0 aliphatic rings. The molecule has 0 unspecified atom stereocenters. The molecule has 0 aliphatic carbocycles. The molecule has 0 rings (SSSR count). The molecule has 0 saturated carbocycles. The third-order valence-corrected chi connectivity index (χ3v) is 1.46. The Morgan fingerprint density at radius 2 is 1.91 bits per heavy atom. The molecule has 0 aromatic heterocycles. The van der Waals surface area contributed by atoms with Crippen molar-refractivity contribution in [3.05, 3.63) is 0 Å². The highest BCUT2D eigenvalue weighted by Gasteiger charge is 2.19. The Bertz CT molecular complexity index is 151. The fourth-order valence-electron chi connectivity index (χ4n) is 0.313. The van der Waals surface area contributed by atoms with Crippen LogP contribution in [0.15, 0.2) is 0 Å². The van der Waals surface area contributed by atoms with Gasteiger partial charge in [0.1, 0.15) is 6.10 Å². The van der Waals surface area contributed by atoms with Crippen LogP contribution in [0.4, 0.5) is 0 Å². The van der Waals surface area contributed by atoms with Crippen molar-refractivity contribution in [2.45, 2.75) is 19.1 Å². The fraction of sp³-hybridized carbons (Fsp3) is 1.00. The van der Waals surface area contributed by atoms with Crippen LogP contribution in [0.5, 0.6) is 0 Å². The lowest BCUT2D eigenvalue weighted by molar-refractivity contribution is -0.00437. The van der Waals surface area contributed by atoms with Crippen LogP contribution in [0, 0.1) is 0 Å². The van der Waals surface area contributed by atoms with Crippen molar-refractivity contribution in [3.63, 3.8) is 0 Å². The first-order chi connectivity index (χ1) is 4.83. The minimum Gasteiger partial charge on any atom is -0.391 e. The highest BCUT2D eigenvalue weighted by molar-refractivity contribution is 7.46.